The molecule has 11 heteroatoms. The van der Waals surface area contributed by atoms with Crippen LogP contribution in [0, 0.1) is 11.6 Å². The van der Waals surface area contributed by atoms with Crippen molar-refractivity contribution in [3.63, 3.8) is 0 Å². The van der Waals surface area contributed by atoms with E-state index in [0.717, 1.165) is 6.08 Å². The number of benzene rings is 1. The first kappa shape index (κ1) is 17.0. The van der Waals surface area contributed by atoms with Gasteiger partial charge in [0.15, 0.2) is 0 Å². The second-order valence-electron chi connectivity index (χ2n) is 3.63. The molecule has 1 aromatic carbocycles. The van der Waals surface area contributed by atoms with E-state index >= 15 is 0 Å². The van der Waals surface area contributed by atoms with Crippen LogP contribution < -0.4 is 0 Å². The van der Waals surface area contributed by atoms with Crippen LogP contribution in [0.5, 0.6) is 0 Å². The van der Waals surface area contributed by atoms with Crippen molar-refractivity contribution in [3.05, 3.63) is 29.3 Å². The van der Waals surface area contributed by atoms with E-state index in [9.17, 15) is 44.3 Å². The smallest absolute Gasteiger partial charge is 0.211 e. The van der Waals surface area contributed by atoms with Crippen LogP contribution in [0.3, 0.4) is 0 Å². The molecule has 0 atom stereocenters. The summed E-state index contributed by atoms with van der Waals surface area (Å²) in [5.74, 6) is -16.9. The van der Waals surface area contributed by atoms with Gasteiger partial charge in [-0.2, -0.15) is 35.7 Å². The van der Waals surface area contributed by atoms with Gasteiger partial charge in [0.1, 0.15) is 17.3 Å². The third-order valence-corrected chi connectivity index (χ3v) is 2.29. The third kappa shape index (κ3) is 2.73. The third-order valence-electron chi connectivity index (χ3n) is 2.29. The summed E-state index contributed by atoms with van der Waals surface area (Å²) in [6.45, 7) is 0. The Balaban J connectivity index is 3.53. The van der Waals surface area contributed by atoms with Gasteiger partial charge in [-0.15, -0.1) is 0 Å². The van der Waals surface area contributed by atoms with Gasteiger partial charge in [0.2, 0.25) is 6.08 Å². The van der Waals surface area contributed by atoms with Crippen LogP contribution in [0.1, 0.15) is 5.56 Å². The van der Waals surface area contributed by atoms with Gasteiger partial charge in [0.25, 0.3) is 0 Å². The Morgan fingerprint density at radius 3 is 1.86 bits per heavy atom. The van der Waals surface area contributed by atoms with Crippen molar-refractivity contribution in [1.29, 1.82) is 0 Å². The quantitative estimate of drug-likeness (QED) is 0.465. The molecule has 0 fully saturated rings. The lowest BCUT2D eigenvalue weighted by Gasteiger charge is -2.28. The summed E-state index contributed by atoms with van der Waals surface area (Å²) in [6.07, 6.45) is -5.98. The summed E-state index contributed by atoms with van der Waals surface area (Å²) in [6, 6.07) is -0.818. The lowest BCUT2D eigenvalue weighted by Crippen LogP contribution is -2.50. The highest BCUT2D eigenvalue weighted by Gasteiger charge is 2.74. The van der Waals surface area contributed by atoms with Crippen molar-refractivity contribution in [2.75, 3.05) is 0 Å². The highest BCUT2D eigenvalue weighted by atomic mass is 19.4. The van der Waals surface area contributed by atoms with E-state index < -0.39 is 47.0 Å². The van der Waals surface area contributed by atoms with Gasteiger partial charge in [-0.1, -0.05) is 0 Å². The molecule has 0 aromatic heterocycles. The average Bonchev–Trinajstić information content (AvgIpc) is 2.31. The van der Waals surface area contributed by atoms with Gasteiger partial charge in [0.05, 0.1) is 5.56 Å². The van der Waals surface area contributed by atoms with E-state index in [1.54, 1.807) is 0 Å². The minimum absolute atomic E-state index is 0.226. The molecule has 1 rings (SSSR count). The van der Waals surface area contributed by atoms with Gasteiger partial charge in [0, 0.05) is 6.07 Å². The summed E-state index contributed by atoms with van der Waals surface area (Å²) >= 11 is 0. The molecular formula is C10H2F9NO. The van der Waals surface area contributed by atoms with E-state index in [1.807, 2.05) is 0 Å². The number of aliphatic imine (C=N–C) groups is 1. The molecule has 116 valence electrons. The fraction of sp³-hybridized carbons (Fsp3) is 0.300. The zero-order valence-corrected chi connectivity index (χ0v) is 9.41. The zero-order chi connectivity index (χ0) is 16.6. The Labute approximate surface area is 109 Å². The Kier molecular flexibility index (Phi) is 4.10. The second-order valence-corrected chi connectivity index (χ2v) is 3.63. The molecule has 0 amide bonds. The fourth-order valence-electron chi connectivity index (χ4n) is 1.26. The maximum atomic E-state index is 13.2. The molecule has 0 radical (unpaired) electrons. The monoisotopic (exact) mass is 323 g/mol. The molecule has 1 aromatic rings. The number of halogens is 9. The molecule has 0 unspecified atom stereocenters. The van der Waals surface area contributed by atoms with Crippen LogP contribution >= 0.6 is 0 Å². The average molecular weight is 323 g/mol. The molecule has 0 N–H and O–H groups in total. The summed E-state index contributed by atoms with van der Waals surface area (Å²) in [5.41, 5.74) is -3.70. The number of carbonyl (C=O) groups excluding carboxylic acids is 1. The number of hydrogen-bond acceptors (Lipinski definition) is 2. The van der Waals surface area contributed by atoms with Crippen LogP contribution in [0.4, 0.5) is 45.2 Å². The van der Waals surface area contributed by atoms with Gasteiger partial charge in [-0.05, 0) is 6.07 Å². The number of nitrogens with zero attached hydrogens (tertiary/aromatic N) is 1. The molecule has 0 heterocycles. The van der Waals surface area contributed by atoms with Gasteiger partial charge < -0.3 is 0 Å². The molecule has 0 aliphatic carbocycles. The Morgan fingerprint density at radius 2 is 1.43 bits per heavy atom. The maximum Gasteiger partial charge on any atom is 0.460 e. The van der Waals surface area contributed by atoms with Crippen LogP contribution in [0.15, 0.2) is 17.1 Å². The Morgan fingerprint density at radius 1 is 0.905 bits per heavy atom. The van der Waals surface area contributed by atoms with Crippen molar-refractivity contribution < 1.29 is 44.3 Å². The predicted molar refractivity (Wildman–Crippen MR) is 49.0 cm³/mol. The maximum absolute atomic E-state index is 13.2. The molecule has 0 aliphatic heterocycles. The molecule has 21 heavy (non-hydrogen) atoms. The molecular weight excluding hydrogens is 321 g/mol. The van der Waals surface area contributed by atoms with E-state index in [4.69, 9.17) is 0 Å². The van der Waals surface area contributed by atoms with E-state index in [1.165, 1.54) is 0 Å². The molecule has 0 spiro atoms. The van der Waals surface area contributed by atoms with E-state index in [-0.39, 0.29) is 6.07 Å². The van der Waals surface area contributed by atoms with Crippen LogP contribution in [0.2, 0.25) is 0 Å². The Hall–Kier alpha value is -2.03. The normalized spacial score (nSPS) is 13.0. The van der Waals surface area contributed by atoms with Gasteiger partial charge in [-0.3, -0.25) is 0 Å². The van der Waals surface area contributed by atoms with Crippen molar-refractivity contribution in [1.82, 2.24) is 0 Å². The largest absolute Gasteiger partial charge is 0.460 e. The first-order valence-electron chi connectivity index (χ1n) is 4.76. The summed E-state index contributed by atoms with van der Waals surface area (Å²) in [4.78, 5) is 12.3. The SMILES string of the molecule is O=C=Nc1cc(F)c(C(F)(F)C(F)(F)C(F)(F)F)cc1F. The first-order chi connectivity index (χ1) is 9.36. The van der Waals surface area contributed by atoms with E-state index in [0.29, 0.717) is 0 Å². The van der Waals surface area contributed by atoms with Gasteiger partial charge in [-0.25, -0.2) is 13.6 Å². The highest BCUT2D eigenvalue weighted by Crippen LogP contribution is 2.52. The van der Waals surface area contributed by atoms with Crippen molar-refractivity contribution in [2.24, 2.45) is 4.99 Å². The zero-order valence-electron chi connectivity index (χ0n) is 9.41. The van der Waals surface area contributed by atoms with Crippen LogP contribution in [-0.2, 0) is 10.7 Å². The second kappa shape index (κ2) is 5.06. The molecule has 0 saturated heterocycles. The number of hydrogen-bond donors (Lipinski definition) is 0. The molecule has 0 aliphatic rings. The molecule has 0 saturated carbocycles. The minimum atomic E-state index is -6.70. The summed E-state index contributed by atoms with van der Waals surface area (Å²) < 4.78 is 114. The standard InChI is InChI=1S/C10H2F9NO/c11-5-2-7(20-3-21)6(12)1-4(5)8(13,14)9(15,16)10(17,18)19/h1-2H. The minimum Gasteiger partial charge on any atom is -0.211 e. The number of isocyanates is 1. The Bertz CT molecular complexity index is 601. The van der Waals surface area contributed by atoms with Crippen molar-refractivity contribution in [3.8, 4) is 0 Å². The first-order valence-corrected chi connectivity index (χ1v) is 4.76. The molecule has 0 bridgehead atoms. The van der Waals surface area contributed by atoms with E-state index in [2.05, 4.69) is 4.99 Å². The number of rotatable bonds is 3. The fourth-order valence-corrected chi connectivity index (χ4v) is 1.26. The molecule has 2 nitrogen and oxygen atoms in total. The predicted octanol–water partition coefficient (Wildman–Crippen LogP) is 4.22. The number of alkyl halides is 7. The van der Waals surface area contributed by atoms with Crippen LogP contribution in [-0.4, -0.2) is 18.2 Å². The van der Waals surface area contributed by atoms with Gasteiger partial charge >= 0.3 is 18.0 Å². The lowest BCUT2D eigenvalue weighted by molar-refractivity contribution is -0.360. The van der Waals surface area contributed by atoms with Crippen LogP contribution in [0.25, 0.3) is 0 Å². The van der Waals surface area contributed by atoms with Crippen molar-refractivity contribution in [2.45, 2.75) is 18.0 Å². The highest BCUT2D eigenvalue weighted by molar-refractivity contribution is 5.51. The summed E-state index contributed by atoms with van der Waals surface area (Å²) in [5, 5.41) is 0. The summed E-state index contributed by atoms with van der Waals surface area (Å²) in [7, 11) is 0. The lowest BCUT2D eigenvalue weighted by atomic mass is 10.0. The van der Waals surface area contributed by atoms with Crippen molar-refractivity contribution >= 4 is 11.8 Å². The topological polar surface area (TPSA) is 29.4 Å².